The summed E-state index contributed by atoms with van der Waals surface area (Å²) in [4.78, 5) is 4.85. The number of thioether (sulfide) groups is 2. The van der Waals surface area contributed by atoms with Crippen LogP contribution in [0.25, 0.3) is 0 Å². The van der Waals surface area contributed by atoms with Gasteiger partial charge in [0.15, 0.2) is 0 Å². The molecule has 1 fully saturated rings. The zero-order chi connectivity index (χ0) is 14.6. The van der Waals surface area contributed by atoms with Gasteiger partial charge in [-0.25, -0.2) is 4.99 Å². The third-order valence-electron chi connectivity index (χ3n) is 3.90. The standard InChI is InChI=1S/C16H18N2S2/c1-14(2,3)13-18-12-8-6-5-7-11(12)16(20-13)15(4,9-17)10-19-16/h5-8H,10H2,1-4H3/t15-,16-/m0/s1. The van der Waals surface area contributed by atoms with Gasteiger partial charge in [0.1, 0.15) is 4.08 Å². The molecule has 2 atom stereocenters. The van der Waals surface area contributed by atoms with E-state index >= 15 is 0 Å². The molecule has 0 N–H and O–H groups in total. The zero-order valence-electron chi connectivity index (χ0n) is 12.2. The Labute approximate surface area is 129 Å². The maximum atomic E-state index is 9.66. The molecule has 2 aliphatic heterocycles. The molecule has 1 aromatic rings. The van der Waals surface area contributed by atoms with Gasteiger partial charge in [0.25, 0.3) is 0 Å². The Morgan fingerprint density at radius 2 is 2.00 bits per heavy atom. The predicted molar refractivity (Wildman–Crippen MR) is 88.4 cm³/mol. The molecular weight excluding hydrogens is 284 g/mol. The van der Waals surface area contributed by atoms with Crippen molar-refractivity contribution in [2.75, 3.05) is 5.75 Å². The van der Waals surface area contributed by atoms with Crippen LogP contribution >= 0.6 is 23.5 Å². The van der Waals surface area contributed by atoms with Crippen molar-refractivity contribution in [1.29, 1.82) is 5.26 Å². The number of hydrogen-bond acceptors (Lipinski definition) is 4. The number of nitriles is 1. The Hall–Kier alpha value is -0.920. The lowest BCUT2D eigenvalue weighted by molar-refractivity contribution is 0.420. The van der Waals surface area contributed by atoms with E-state index < -0.39 is 0 Å². The van der Waals surface area contributed by atoms with Crippen LogP contribution in [0.4, 0.5) is 5.69 Å². The van der Waals surface area contributed by atoms with Gasteiger partial charge in [0, 0.05) is 16.7 Å². The van der Waals surface area contributed by atoms with Crippen LogP contribution in [0.3, 0.4) is 0 Å². The predicted octanol–water partition coefficient (Wildman–Crippen LogP) is 4.94. The van der Waals surface area contributed by atoms with E-state index in [4.69, 9.17) is 4.99 Å². The van der Waals surface area contributed by atoms with Crippen LogP contribution in [0.5, 0.6) is 0 Å². The zero-order valence-corrected chi connectivity index (χ0v) is 13.9. The van der Waals surface area contributed by atoms with Crippen LogP contribution in [-0.4, -0.2) is 10.8 Å². The molecule has 0 aliphatic carbocycles. The monoisotopic (exact) mass is 302 g/mol. The molecule has 0 bridgehead atoms. The van der Waals surface area contributed by atoms with E-state index in [-0.39, 0.29) is 14.9 Å². The Morgan fingerprint density at radius 1 is 1.30 bits per heavy atom. The van der Waals surface area contributed by atoms with Gasteiger partial charge in [0.2, 0.25) is 0 Å². The van der Waals surface area contributed by atoms with Crippen LogP contribution in [0, 0.1) is 22.2 Å². The number of rotatable bonds is 0. The van der Waals surface area contributed by atoms with Crippen LogP contribution in [0.2, 0.25) is 0 Å². The minimum Gasteiger partial charge on any atom is -0.246 e. The van der Waals surface area contributed by atoms with E-state index in [0.29, 0.717) is 0 Å². The van der Waals surface area contributed by atoms with E-state index in [2.05, 4.69) is 52.0 Å². The highest BCUT2D eigenvalue weighted by molar-refractivity contribution is 8.26. The molecule has 0 aromatic heterocycles. The smallest absolute Gasteiger partial charge is 0.113 e. The summed E-state index contributed by atoms with van der Waals surface area (Å²) in [5.41, 5.74) is 1.92. The summed E-state index contributed by atoms with van der Waals surface area (Å²) < 4.78 is -0.192. The second-order valence-corrected chi connectivity index (χ2v) is 9.29. The van der Waals surface area contributed by atoms with Crippen LogP contribution < -0.4 is 0 Å². The molecule has 2 aliphatic rings. The molecule has 0 radical (unpaired) electrons. The molecule has 3 rings (SSSR count). The fourth-order valence-electron chi connectivity index (χ4n) is 2.54. The first kappa shape index (κ1) is 14.0. The maximum Gasteiger partial charge on any atom is 0.113 e. The number of para-hydroxylation sites is 1. The first-order chi connectivity index (χ1) is 9.32. The molecule has 0 amide bonds. The number of nitrogens with zero attached hydrogens (tertiary/aromatic N) is 2. The summed E-state index contributed by atoms with van der Waals surface area (Å²) in [6, 6.07) is 10.8. The van der Waals surface area contributed by atoms with Gasteiger partial charge in [-0.15, -0.1) is 11.8 Å². The molecule has 2 heterocycles. The molecule has 2 nitrogen and oxygen atoms in total. The Bertz CT molecular complexity index is 639. The van der Waals surface area contributed by atoms with Gasteiger partial charge < -0.3 is 0 Å². The normalized spacial score (nSPS) is 32.0. The Morgan fingerprint density at radius 3 is 2.55 bits per heavy atom. The molecule has 1 spiro atoms. The third kappa shape index (κ3) is 1.76. The van der Waals surface area contributed by atoms with Gasteiger partial charge in [0.05, 0.1) is 22.2 Å². The van der Waals surface area contributed by atoms with Crippen LogP contribution in [0.15, 0.2) is 29.3 Å². The van der Waals surface area contributed by atoms with Gasteiger partial charge in [-0.3, -0.25) is 0 Å². The lowest BCUT2D eigenvalue weighted by Gasteiger charge is -2.55. The molecule has 20 heavy (non-hydrogen) atoms. The van der Waals surface area contributed by atoms with Gasteiger partial charge in [-0.2, -0.15) is 5.26 Å². The van der Waals surface area contributed by atoms with Crippen molar-refractivity contribution in [2.45, 2.75) is 31.8 Å². The Kier molecular flexibility index (Phi) is 3.01. The average molecular weight is 302 g/mol. The second-order valence-electron chi connectivity index (χ2n) is 6.64. The minimum atomic E-state index is -0.328. The van der Waals surface area contributed by atoms with E-state index in [1.54, 1.807) is 11.8 Å². The van der Waals surface area contributed by atoms with Crippen LogP contribution in [0.1, 0.15) is 33.3 Å². The van der Waals surface area contributed by atoms with Crippen molar-refractivity contribution in [3.05, 3.63) is 29.8 Å². The molecule has 4 heteroatoms. The molecule has 1 saturated heterocycles. The quantitative estimate of drug-likeness (QED) is 0.681. The highest BCUT2D eigenvalue weighted by atomic mass is 32.2. The van der Waals surface area contributed by atoms with Gasteiger partial charge in [-0.05, 0) is 13.0 Å². The molecule has 104 valence electrons. The fourth-order valence-corrected chi connectivity index (χ4v) is 5.92. The SMILES string of the molecule is CC(C)(C)C1=Nc2ccccc2[C@]2(SC[C@]2(C)C#N)S1. The minimum absolute atomic E-state index is 0.0116. The summed E-state index contributed by atoms with van der Waals surface area (Å²) >= 11 is 3.67. The molecule has 0 saturated carbocycles. The summed E-state index contributed by atoms with van der Waals surface area (Å²) in [6.07, 6.45) is 0. The van der Waals surface area contributed by atoms with E-state index in [0.717, 1.165) is 16.5 Å². The first-order valence-corrected chi connectivity index (χ1v) is 8.55. The summed E-state index contributed by atoms with van der Waals surface area (Å²) in [7, 11) is 0. The summed E-state index contributed by atoms with van der Waals surface area (Å²) in [5, 5.41) is 10.8. The topological polar surface area (TPSA) is 36.1 Å². The lowest BCUT2D eigenvalue weighted by Crippen LogP contribution is -2.51. The molecular formula is C16H18N2S2. The van der Waals surface area contributed by atoms with E-state index in [9.17, 15) is 5.26 Å². The lowest BCUT2D eigenvalue weighted by atomic mass is 9.83. The first-order valence-electron chi connectivity index (χ1n) is 6.75. The van der Waals surface area contributed by atoms with Crippen molar-refractivity contribution in [3.63, 3.8) is 0 Å². The number of hydrogen-bond donors (Lipinski definition) is 0. The van der Waals surface area contributed by atoms with Crippen LogP contribution in [-0.2, 0) is 4.08 Å². The van der Waals surface area contributed by atoms with E-state index in [1.165, 1.54) is 5.56 Å². The Balaban J connectivity index is 2.20. The molecule has 0 unspecified atom stereocenters. The fraction of sp³-hybridized carbons (Fsp3) is 0.500. The number of benzene rings is 1. The average Bonchev–Trinajstić information content (AvgIpc) is 2.42. The number of aliphatic imine (C=N–C) groups is 1. The van der Waals surface area contributed by atoms with Gasteiger partial charge >= 0.3 is 0 Å². The highest BCUT2D eigenvalue weighted by Crippen LogP contribution is 2.71. The van der Waals surface area contributed by atoms with Crippen molar-refractivity contribution in [2.24, 2.45) is 15.8 Å². The third-order valence-corrected chi connectivity index (χ3v) is 8.16. The second kappa shape index (κ2) is 4.29. The summed E-state index contributed by atoms with van der Waals surface area (Å²) in [6.45, 7) is 8.65. The maximum absolute atomic E-state index is 9.66. The van der Waals surface area contributed by atoms with Crippen molar-refractivity contribution >= 4 is 34.3 Å². The van der Waals surface area contributed by atoms with Crippen molar-refractivity contribution in [3.8, 4) is 6.07 Å². The van der Waals surface area contributed by atoms with Crippen molar-refractivity contribution < 1.29 is 0 Å². The highest BCUT2D eigenvalue weighted by Gasteiger charge is 2.62. The van der Waals surface area contributed by atoms with Gasteiger partial charge in [-0.1, -0.05) is 50.7 Å². The molecule has 1 aromatic carbocycles. The largest absolute Gasteiger partial charge is 0.246 e. The number of fused-ring (bicyclic) bond motifs is 2. The van der Waals surface area contributed by atoms with Crippen molar-refractivity contribution in [1.82, 2.24) is 0 Å². The summed E-state index contributed by atoms with van der Waals surface area (Å²) in [5.74, 6) is 0.891. The van der Waals surface area contributed by atoms with E-state index in [1.807, 2.05) is 17.8 Å².